The Hall–Kier alpha value is -2.82. The van der Waals surface area contributed by atoms with E-state index in [2.05, 4.69) is 20.2 Å². The predicted octanol–water partition coefficient (Wildman–Crippen LogP) is 3.45. The van der Waals surface area contributed by atoms with Crippen molar-refractivity contribution < 1.29 is 13.2 Å². The zero-order valence-corrected chi connectivity index (χ0v) is 13.3. The Balaban J connectivity index is 1.54. The molecule has 0 unspecified atom stereocenters. The van der Waals surface area contributed by atoms with Gasteiger partial charge in [0.15, 0.2) is 0 Å². The zero-order chi connectivity index (χ0) is 17.9. The number of alkyl halides is 3. The van der Waals surface area contributed by atoms with Crippen molar-refractivity contribution in [1.82, 2.24) is 9.97 Å². The minimum atomic E-state index is -4.37. The lowest BCUT2D eigenvalue weighted by Gasteiger charge is -2.33. The number of nitriles is 1. The zero-order valence-electron chi connectivity index (χ0n) is 13.3. The second-order valence-electron chi connectivity index (χ2n) is 5.85. The summed E-state index contributed by atoms with van der Waals surface area (Å²) in [5.74, 6) is 1.27. The molecule has 0 atom stereocenters. The molecule has 1 aliphatic heterocycles. The van der Waals surface area contributed by atoms with E-state index >= 15 is 0 Å². The summed E-state index contributed by atoms with van der Waals surface area (Å²) in [4.78, 5) is 10.3. The van der Waals surface area contributed by atoms with Gasteiger partial charge in [0.2, 0.25) is 0 Å². The number of pyridine rings is 2. The van der Waals surface area contributed by atoms with Crippen LogP contribution in [-0.4, -0.2) is 29.1 Å². The Morgan fingerprint density at radius 3 is 2.36 bits per heavy atom. The maximum atomic E-state index is 12.5. The molecule has 0 bridgehead atoms. The van der Waals surface area contributed by atoms with Gasteiger partial charge in [0.25, 0.3) is 0 Å². The summed E-state index contributed by atoms with van der Waals surface area (Å²) in [5.41, 5.74) is -0.228. The Labute approximate surface area is 143 Å². The number of hydrogen-bond acceptors (Lipinski definition) is 5. The van der Waals surface area contributed by atoms with Crippen LogP contribution >= 0.6 is 0 Å². The van der Waals surface area contributed by atoms with Crippen molar-refractivity contribution in [1.29, 1.82) is 5.26 Å². The quantitative estimate of drug-likeness (QED) is 0.921. The molecule has 130 valence electrons. The summed E-state index contributed by atoms with van der Waals surface area (Å²) in [6.07, 6.45) is -0.330. The standard InChI is InChI=1S/C17H16F3N5/c18-17(19,20)13-2-3-15(22-11-13)24-14-5-7-25(8-6-14)16-4-1-12(9-21)10-23-16/h1-4,10-11,14H,5-8H2,(H,22,24). The Morgan fingerprint density at radius 2 is 1.84 bits per heavy atom. The SMILES string of the molecule is N#Cc1ccc(N2CCC(Nc3ccc(C(F)(F)F)cn3)CC2)nc1. The van der Waals surface area contributed by atoms with Gasteiger partial charge in [0.1, 0.15) is 17.7 Å². The van der Waals surface area contributed by atoms with Gasteiger partial charge in [-0.15, -0.1) is 0 Å². The molecular weight excluding hydrogens is 331 g/mol. The highest BCUT2D eigenvalue weighted by Crippen LogP contribution is 2.29. The van der Waals surface area contributed by atoms with E-state index in [0.717, 1.165) is 44.0 Å². The van der Waals surface area contributed by atoms with Gasteiger partial charge >= 0.3 is 6.18 Å². The number of aromatic nitrogens is 2. The van der Waals surface area contributed by atoms with Crippen LogP contribution in [0, 0.1) is 11.3 Å². The van der Waals surface area contributed by atoms with Gasteiger partial charge in [0.05, 0.1) is 11.1 Å². The van der Waals surface area contributed by atoms with Crippen molar-refractivity contribution in [2.45, 2.75) is 25.1 Å². The van der Waals surface area contributed by atoms with E-state index in [4.69, 9.17) is 5.26 Å². The van der Waals surface area contributed by atoms with Crippen molar-refractivity contribution in [2.75, 3.05) is 23.3 Å². The molecule has 0 amide bonds. The molecule has 1 aliphatic rings. The third-order valence-electron chi connectivity index (χ3n) is 4.14. The first-order chi connectivity index (χ1) is 12.0. The van der Waals surface area contributed by atoms with E-state index < -0.39 is 11.7 Å². The molecule has 0 radical (unpaired) electrons. The van der Waals surface area contributed by atoms with Crippen LogP contribution in [0.25, 0.3) is 0 Å². The minimum Gasteiger partial charge on any atom is -0.367 e. The number of piperidine rings is 1. The van der Waals surface area contributed by atoms with Crippen LogP contribution < -0.4 is 10.2 Å². The number of rotatable bonds is 3. The van der Waals surface area contributed by atoms with Crippen LogP contribution in [0.4, 0.5) is 24.8 Å². The van der Waals surface area contributed by atoms with E-state index in [1.807, 2.05) is 12.1 Å². The van der Waals surface area contributed by atoms with E-state index in [-0.39, 0.29) is 6.04 Å². The molecule has 2 aromatic rings. The van der Waals surface area contributed by atoms with Gasteiger partial charge in [-0.2, -0.15) is 18.4 Å². The maximum absolute atomic E-state index is 12.5. The molecule has 0 saturated carbocycles. The highest BCUT2D eigenvalue weighted by molar-refractivity contribution is 5.43. The second-order valence-corrected chi connectivity index (χ2v) is 5.85. The van der Waals surface area contributed by atoms with Crippen LogP contribution in [0.2, 0.25) is 0 Å². The number of nitrogens with zero attached hydrogens (tertiary/aromatic N) is 4. The van der Waals surface area contributed by atoms with Crippen molar-refractivity contribution >= 4 is 11.6 Å². The minimum absolute atomic E-state index is 0.152. The van der Waals surface area contributed by atoms with Gasteiger partial charge < -0.3 is 10.2 Å². The predicted molar refractivity (Wildman–Crippen MR) is 87.0 cm³/mol. The third kappa shape index (κ3) is 4.18. The first kappa shape index (κ1) is 17.0. The molecule has 1 N–H and O–H groups in total. The van der Waals surface area contributed by atoms with Crippen LogP contribution in [-0.2, 0) is 6.18 Å². The Morgan fingerprint density at radius 1 is 1.08 bits per heavy atom. The Bertz CT molecular complexity index is 742. The van der Waals surface area contributed by atoms with Gasteiger partial charge in [-0.1, -0.05) is 0 Å². The van der Waals surface area contributed by atoms with E-state index in [1.165, 1.54) is 6.07 Å². The van der Waals surface area contributed by atoms with E-state index in [0.29, 0.717) is 11.4 Å². The van der Waals surface area contributed by atoms with Crippen LogP contribution in [0.5, 0.6) is 0 Å². The molecule has 3 heterocycles. The van der Waals surface area contributed by atoms with Crippen molar-refractivity contribution in [3.63, 3.8) is 0 Å². The number of anilines is 2. The average molecular weight is 347 g/mol. The molecule has 0 aliphatic carbocycles. The molecule has 2 aromatic heterocycles. The summed E-state index contributed by atoms with van der Waals surface area (Å²) in [5, 5.41) is 12.0. The van der Waals surface area contributed by atoms with Gasteiger partial charge in [-0.25, -0.2) is 9.97 Å². The van der Waals surface area contributed by atoms with Gasteiger partial charge in [0, 0.05) is 31.5 Å². The maximum Gasteiger partial charge on any atom is 0.417 e. The summed E-state index contributed by atoms with van der Waals surface area (Å²) < 4.78 is 37.6. The van der Waals surface area contributed by atoms with Crippen LogP contribution in [0.3, 0.4) is 0 Å². The molecular formula is C17H16F3N5. The largest absolute Gasteiger partial charge is 0.417 e. The normalized spacial score (nSPS) is 15.7. The smallest absolute Gasteiger partial charge is 0.367 e. The summed E-state index contributed by atoms with van der Waals surface area (Å²) in [6.45, 7) is 1.55. The van der Waals surface area contributed by atoms with Crippen molar-refractivity contribution in [3.05, 3.63) is 47.8 Å². The van der Waals surface area contributed by atoms with E-state index in [9.17, 15) is 13.2 Å². The fraction of sp³-hybridized carbons (Fsp3) is 0.353. The first-order valence-corrected chi connectivity index (χ1v) is 7.86. The second kappa shape index (κ2) is 6.97. The molecule has 1 fully saturated rings. The third-order valence-corrected chi connectivity index (χ3v) is 4.14. The van der Waals surface area contributed by atoms with Crippen molar-refractivity contribution in [2.24, 2.45) is 0 Å². The van der Waals surface area contributed by atoms with Crippen molar-refractivity contribution in [3.8, 4) is 6.07 Å². The van der Waals surface area contributed by atoms with Gasteiger partial charge in [-0.3, -0.25) is 0 Å². The molecule has 0 spiro atoms. The summed E-state index contributed by atoms with van der Waals surface area (Å²) in [7, 11) is 0. The molecule has 8 heteroatoms. The number of halogens is 3. The fourth-order valence-electron chi connectivity index (χ4n) is 2.75. The average Bonchev–Trinajstić information content (AvgIpc) is 2.62. The molecule has 25 heavy (non-hydrogen) atoms. The first-order valence-electron chi connectivity index (χ1n) is 7.86. The molecule has 5 nitrogen and oxygen atoms in total. The Kier molecular flexibility index (Phi) is 4.74. The molecule has 1 saturated heterocycles. The summed E-state index contributed by atoms with van der Waals surface area (Å²) >= 11 is 0. The van der Waals surface area contributed by atoms with Crippen LogP contribution in [0.1, 0.15) is 24.0 Å². The lowest BCUT2D eigenvalue weighted by Crippen LogP contribution is -2.39. The fourth-order valence-corrected chi connectivity index (χ4v) is 2.75. The highest BCUT2D eigenvalue weighted by Gasteiger charge is 2.30. The lowest BCUT2D eigenvalue weighted by atomic mass is 10.0. The summed E-state index contributed by atoms with van der Waals surface area (Å²) in [6, 6.07) is 8.14. The van der Waals surface area contributed by atoms with E-state index in [1.54, 1.807) is 12.3 Å². The topological polar surface area (TPSA) is 64.8 Å². The molecule has 0 aromatic carbocycles. The van der Waals surface area contributed by atoms with Crippen LogP contribution in [0.15, 0.2) is 36.7 Å². The monoisotopic (exact) mass is 347 g/mol. The lowest BCUT2D eigenvalue weighted by molar-refractivity contribution is -0.137. The number of hydrogen-bond donors (Lipinski definition) is 1. The molecule has 3 rings (SSSR count). The number of nitrogens with one attached hydrogen (secondary N) is 1. The van der Waals surface area contributed by atoms with Gasteiger partial charge in [-0.05, 0) is 37.1 Å². The highest BCUT2D eigenvalue weighted by atomic mass is 19.4.